The SMILES string of the molecule is CNCC1(C(NC)c2ccccc2OC)CCC1. The van der Waals surface area contributed by atoms with Gasteiger partial charge in [-0.3, -0.25) is 0 Å². The van der Waals surface area contributed by atoms with Crippen molar-refractivity contribution >= 4 is 0 Å². The lowest BCUT2D eigenvalue weighted by Crippen LogP contribution is -2.48. The van der Waals surface area contributed by atoms with Crippen LogP contribution >= 0.6 is 0 Å². The van der Waals surface area contributed by atoms with Gasteiger partial charge in [-0.2, -0.15) is 0 Å². The lowest BCUT2D eigenvalue weighted by atomic mass is 9.62. The first-order chi connectivity index (χ1) is 8.77. The van der Waals surface area contributed by atoms with E-state index in [2.05, 4.69) is 22.8 Å². The monoisotopic (exact) mass is 248 g/mol. The van der Waals surface area contributed by atoms with E-state index in [9.17, 15) is 0 Å². The molecule has 1 saturated carbocycles. The summed E-state index contributed by atoms with van der Waals surface area (Å²) in [6, 6.07) is 8.70. The molecule has 2 N–H and O–H groups in total. The molecule has 1 aliphatic carbocycles. The van der Waals surface area contributed by atoms with Crippen LogP contribution in [0.4, 0.5) is 0 Å². The van der Waals surface area contributed by atoms with Crippen LogP contribution in [0.3, 0.4) is 0 Å². The summed E-state index contributed by atoms with van der Waals surface area (Å²) >= 11 is 0. The molecular weight excluding hydrogens is 224 g/mol. The number of rotatable bonds is 6. The van der Waals surface area contributed by atoms with Crippen LogP contribution in [0.5, 0.6) is 5.75 Å². The highest BCUT2D eigenvalue weighted by Crippen LogP contribution is 2.51. The third-order valence-corrected chi connectivity index (χ3v) is 4.23. The quantitative estimate of drug-likeness (QED) is 0.810. The summed E-state index contributed by atoms with van der Waals surface area (Å²) in [7, 11) is 5.83. The van der Waals surface area contributed by atoms with Crippen LogP contribution < -0.4 is 15.4 Å². The van der Waals surface area contributed by atoms with Crippen molar-refractivity contribution in [3.63, 3.8) is 0 Å². The first-order valence-corrected chi connectivity index (χ1v) is 6.72. The van der Waals surface area contributed by atoms with Crippen LogP contribution in [0.15, 0.2) is 24.3 Å². The average molecular weight is 248 g/mol. The molecule has 1 atom stereocenters. The van der Waals surface area contributed by atoms with E-state index in [1.54, 1.807) is 7.11 Å². The Hall–Kier alpha value is -1.06. The number of hydrogen-bond donors (Lipinski definition) is 2. The number of nitrogens with one attached hydrogen (secondary N) is 2. The van der Waals surface area contributed by atoms with Crippen molar-refractivity contribution in [3.05, 3.63) is 29.8 Å². The van der Waals surface area contributed by atoms with Crippen molar-refractivity contribution < 1.29 is 4.74 Å². The smallest absolute Gasteiger partial charge is 0.123 e. The van der Waals surface area contributed by atoms with Gasteiger partial charge >= 0.3 is 0 Å². The van der Waals surface area contributed by atoms with Gasteiger partial charge in [-0.15, -0.1) is 0 Å². The zero-order valence-corrected chi connectivity index (χ0v) is 11.6. The van der Waals surface area contributed by atoms with Crippen LogP contribution in [0.25, 0.3) is 0 Å². The summed E-state index contributed by atoms with van der Waals surface area (Å²) < 4.78 is 5.51. The Morgan fingerprint density at radius 3 is 2.50 bits per heavy atom. The minimum atomic E-state index is 0.331. The summed E-state index contributed by atoms with van der Waals surface area (Å²) in [6.45, 7) is 1.05. The number of hydrogen-bond acceptors (Lipinski definition) is 3. The van der Waals surface area contributed by atoms with Crippen molar-refractivity contribution in [2.75, 3.05) is 27.7 Å². The number of para-hydroxylation sites is 1. The summed E-state index contributed by atoms with van der Waals surface area (Å²) in [6.07, 6.45) is 3.88. The minimum Gasteiger partial charge on any atom is -0.496 e. The van der Waals surface area contributed by atoms with E-state index in [-0.39, 0.29) is 0 Å². The Labute approximate surface area is 110 Å². The van der Waals surface area contributed by atoms with E-state index in [0.717, 1.165) is 12.3 Å². The molecule has 0 amide bonds. The Kier molecular flexibility index (Phi) is 4.25. The fourth-order valence-electron chi connectivity index (χ4n) is 3.25. The fourth-order valence-corrected chi connectivity index (χ4v) is 3.25. The zero-order valence-electron chi connectivity index (χ0n) is 11.6. The second kappa shape index (κ2) is 5.72. The highest BCUT2D eigenvalue weighted by Gasteiger charge is 2.44. The number of benzene rings is 1. The molecule has 1 fully saturated rings. The molecule has 1 aromatic rings. The van der Waals surface area contributed by atoms with E-state index < -0.39 is 0 Å². The van der Waals surface area contributed by atoms with Crippen molar-refractivity contribution in [1.29, 1.82) is 0 Å². The molecule has 0 spiro atoms. The molecule has 3 heteroatoms. The lowest BCUT2D eigenvalue weighted by molar-refractivity contribution is 0.0775. The van der Waals surface area contributed by atoms with E-state index in [4.69, 9.17) is 4.74 Å². The minimum absolute atomic E-state index is 0.331. The van der Waals surface area contributed by atoms with Crippen molar-refractivity contribution in [2.24, 2.45) is 5.41 Å². The normalized spacial score (nSPS) is 19.1. The molecule has 0 aliphatic heterocycles. The Morgan fingerprint density at radius 1 is 1.28 bits per heavy atom. The Bertz CT molecular complexity index is 388. The van der Waals surface area contributed by atoms with E-state index in [1.807, 2.05) is 26.2 Å². The lowest BCUT2D eigenvalue weighted by Gasteiger charge is -2.48. The second-order valence-electron chi connectivity index (χ2n) is 5.21. The van der Waals surface area contributed by atoms with Gasteiger partial charge in [0.15, 0.2) is 0 Å². The number of ether oxygens (including phenoxy) is 1. The third kappa shape index (κ3) is 2.25. The van der Waals surface area contributed by atoms with Crippen LogP contribution in [0, 0.1) is 5.41 Å². The third-order valence-electron chi connectivity index (χ3n) is 4.23. The molecule has 18 heavy (non-hydrogen) atoms. The van der Waals surface area contributed by atoms with Crippen LogP contribution in [-0.2, 0) is 0 Å². The van der Waals surface area contributed by atoms with Gasteiger partial charge in [-0.05, 0) is 33.0 Å². The van der Waals surface area contributed by atoms with E-state index in [1.165, 1.54) is 24.8 Å². The average Bonchev–Trinajstić information content (AvgIpc) is 2.37. The summed E-state index contributed by atoms with van der Waals surface area (Å²) in [4.78, 5) is 0. The summed E-state index contributed by atoms with van der Waals surface area (Å²) in [5.41, 5.74) is 1.61. The van der Waals surface area contributed by atoms with Gasteiger partial charge in [0.05, 0.1) is 7.11 Å². The first kappa shape index (κ1) is 13.4. The van der Waals surface area contributed by atoms with Gasteiger partial charge in [0.25, 0.3) is 0 Å². The van der Waals surface area contributed by atoms with Crippen molar-refractivity contribution in [3.8, 4) is 5.75 Å². The summed E-state index contributed by atoms with van der Waals surface area (Å²) in [5, 5.41) is 6.85. The largest absolute Gasteiger partial charge is 0.496 e. The topological polar surface area (TPSA) is 33.3 Å². The fraction of sp³-hybridized carbons (Fsp3) is 0.600. The van der Waals surface area contributed by atoms with Gasteiger partial charge in [-0.25, -0.2) is 0 Å². The van der Waals surface area contributed by atoms with E-state index >= 15 is 0 Å². The highest BCUT2D eigenvalue weighted by molar-refractivity contribution is 5.37. The molecule has 0 aromatic heterocycles. The molecule has 0 bridgehead atoms. The molecule has 1 unspecified atom stereocenters. The maximum atomic E-state index is 5.51. The Balaban J connectivity index is 2.32. The van der Waals surface area contributed by atoms with Gasteiger partial charge in [0.2, 0.25) is 0 Å². The molecule has 100 valence electrons. The maximum absolute atomic E-state index is 5.51. The van der Waals surface area contributed by atoms with Crippen molar-refractivity contribution in [1.82, 2.24) is 10.6 Å². The molecule has 1 aromatic carbocycles. The van der Waals surface area contributed by atoms with Crippen molar-refractivity contribution in [2.45, 2.75) is 25.3 Å². The highest BCUT2D eigenvalue weighted by atomic mass is 16.5. The standard InChI is InChI=1S/C15H24N2O/c1-16-11-15(9-6-10-15)14(17-2)12-7-4-5-8-13(12)18-3/h4-5,7-8,14,16-17H,6,9-11H2,1-3H3. The molecule has 0 saturated heterocycles. The predicted octanol–water partition coefficient (Wildman–Crippen LogP) is 2.35. The number of methoxy groups -OCH3 is 1. The second-order valence-corrected chi connectivity index (χ2v) is 5.21. The molecule has 1 aliphatic rings. The van der Waals surface area contributed by atoms with Gasteiger partial charge < -0.3 is 15.4 Å². The summed E-state index contributed by atoms with van der Waals surface area (Å²) in [5.74, 6) is 0.985. The van der Waals surface area contributed by atoms with Gasteiger partial charge in [0.1, 0.15) is 5.75 Å². The zero-order chi connectivity index (χ0) is 13.0. The maximum Gasteiger partial charge on any atom is 0.123 e. The van der Waals surface area contributed by atoms with Crippen LogP contribution in [0.1, 0.15) is 30.9 Å². The molecule has 2 rings (SSSR count). The van der Waals surface area contributed by atoms with Crippen LogP contribution in [-0.4, -0.2) is 27.7 Å². The molecule has 3 nitrogen and oxygen atoms in total. The molecule has 0 radical (unpaired) electrons. The predicted molar refractivity (Wildman–Crippen MR) is 75.0 cm³/mol. The first-order valence-electron chi connectivity index (χ1n) is 6.72. The Morgan fingerprint density at radius 2 is 2.00 bits per heavy atom. The van der Waals surface area contributed by atoms with E-state index in [0.29, 0.717) is 11.5 Å². The van der Waals surface area contributed by atoms with Gasteiger partial charge in [-0.1, -0.05) is 24.6 Å². The van der Waals surface area contributed by atoms with Gasteiger partial charge in [0, 0.05) is 23.6 Å². The molecular formula is C15H24N2O. The van der Waals surface area contributed by atoms with Crippen LogP contribution in [0.2, 0.25) is 0 Å². The molecule has 0 heterocycles.